The number of hydrogen-bond donors (Lipinski definition) is 1. The van der Waals surface area contributed by atoms with Crippen LogP contribution in [0.3, 0.4) is 0 Å². The first-order valence-electron chi connectivity index (χ1n) is 9.84. The van der Waals surface area contributed by atoms with Crippen molar-refractivity contribution in [3.8, 4) is 0 Å². The molecule has 3 aromatic rings. The van der Waals surface area contributed by atoms with Gasteiger partial charge >= 0.3 is 0 Å². The third-order valence-corrected chi connectivity index (χ3v) is 6.12. The van der Waals surface area contributed by atoms with Crippen LogP contribution in [0.5, 0.6) is 0 Å². The van der Waals surface area contributed by atoms with Crippen LogP contribution in [0.15, 0.2) is 42.7 Å². The molecule has 2 atom stereocenters. The minimum Gasteiger partial charge on any atom is -0.384 e. The van der Waals surface area contributed by atoms with Gasteiger partial charge in [-0.15, -0.1) is 0 Å². The average molecular weight is 364 g/mol. The lowest BCUT2D eigenvalue weighted by atomic mass is 9.95. The summed E-state index contributed by atoms with van der Waals surface area (Å²) in [7, 11) is 2.22. The first kappa shape index (κ1) is 18.2. The van der Waals surface area contributed by atoms with E-state index in [4.69, 9.17) is 0 Å². The summed E-state index contributed by atoms with van der Waals surface area (Å²) in [5, 5.41) is 12.6. The number of fused-ring (bicyclic) bond motifs is 3. The first-order chi connectivity index (χ1) is 12.9. The predicted octanol–water partition coefficient (Wildman–Crippen LogP) is 4.02. The molecule has 3 heterocycles. The van der Waals surface area contributed by atoms with Crippen LogP contribution in [0, 0.1) is 6.92 Å². The van der Waals surface area contributed by atoms with Gasteiger partial charge in [0.2, 0.25) is 0 Å². The Morgan fingerprint density at radius 2 is 2.11 bits per heavy atom. The topological polar surface area (TPSA) is 41.3 Å². The second-order valence-corrected chi connectivity index (χ2v) is 8.23. The van der Waals surface area contributed by atoms with Crippen molar-refractivity contribution in [2.75, 3.05) is 7.05 Å². The van der Waals surface area contributed by atoms with Gasteiger partial charge in [0.25, 0.3) is 0 Å². The Bertz CT molecular complexity index is 959. The van der Waals surface area contributed by atoms with Crippen LogP contribution >= 0.6 is 0 Å². The van der Waals surface area contributed by atoms with Crippen molar-refractivity contribution >= 4 is 10.9 Å². The predicted molar refractivity (Wildman–Crippen MR) is 110 cm³/mol. The fourth-order valence-electron chi connectivity index (χ4n) is 4.48. The molecule has 4 nitrogen and oxygen atoms in total. The summed E-state index contributed by atoms with van der Waals surface area (Å²) >= 11 is 0. The number of aliphatic hydroxyl groups is 1. The van der Waals surface area contributed by atoms with Gasteiger partial charge in [-0.05, 0) is 51.1 Å². The lowest BCUT2D eigenvalue weighted by molar-refractivity contribution is 0.0378. The zero-order chi connectivity index (χ0) is 19.2. The van der Waals surface area contributed by atoms with E-state index in [1.54, 1.807) is 12.4 Å². The molecule has 27 heavy (non-hydrogen) atoms. The lowest BCUT2D eigenvalue weighted by Gasteiger charge is -2.34. The molecule has 2 aromatic heterocycles. The average Bonchev–Trinajstić information content (AvgIpc) is 2.93. The third kappa shape index (κ3) is 3.17. The Labute approximate surface area is 161 Å². The molecule has 4 heteroatoms. The van der Waals surface area contributed by atoms with Crippen molar-refractivity contribution < 1.29 is 5.11 Å². The molecule has 0 saturated carbocycles. The maximum absolute atomic E-state index is 11.3. The molecule has 0 radical (unpaired) electrons. The molecular weight excluding hydrogens is 334 g/mol. The Hall–Kier alpha value is -2.17. The highest BCUT2D eigenvalue weighted by atomic mass is 16.3. The Morgan fingerprint density at radius 1 is 1.30 bits per heavy atom. The molecular formula is C23H29N3O. The zero-order valence-electron chi connectivity index (χ0n) is 16.7. The van der Waals surface area contributed by atoms with E-state index in [2.05, 4.69) is 53.5 Å². The summed E-state index contributed by atoms with van der Waals surface area (Å²) in [4.78, 5) is 6.67. The summed E-state index contributed by atoms with van der Waals surface area (Å²) in [6.45, 7) is 7.80. The van der Waals surface area contributed by atoms with Gasteiger partial charge < -0.3 is 9.67 Å². The van der Waals surface area contributed by atoms with Gasteiger partial charge in [0.15, 0.2) is 0 Å². The molecule has 0 amide bonds. The van der Waals surface area contributed by atoms with Crippen LogP contribution in [-0.4, -0.2) is 32.6 Å². The highest BCUT2D eigenvalue weighted by molar-refractivity contribution is 5.86. The van der Waals surface area contributed by atoms with Gasteiger partial charge in [-0.25, -0.2) is 0 Å². The lowest BCUT2D eigenvalue weighted by Crippen LogP contribution is -2.38. The second kappa shape index (κ2) is 6.77. The van der Waals surface area contributed by atoms with E-state index >= 15 is 0 Å². The van der Waals surface area contributed by atoms with Crippen LogP contribution < -0.4 is 0 Å². The summed E-state index contributed by atoms with van der Waals surface area (Å²) in [6, 6.07) is 11.1. The number of nitrogens with zero attached hydrogens (tertiary/aromatic N) is 3. The first-order valence-corrected chi connectivity index (χ1v) is 9.84. The van der Waals surface area contributed by atoms with Crippen LogP contribution in [-0.2, 0) is 25.1 Å². The van der Waals surface area contributed by atoms with Crippen molar-refractivity contribution in [2.45, 2.75) is 58.3 Å². The highest BCUT2D eigenvalue weighted by Gasteiger charge is 2.31. The molecule has 1 aliphatic rings. The van der Waals surface area contributed by atoms with Crippen LogP contribution in [0.25, 0.3) is 10.9 Å². The number of likely N-dealkylation sites (N-methyl/N-ethyl adjacent to an activating group) is 1. The van der Waals surface area contributed by atoms with Gasteiger partial charge in [0, 0.05) is 53.6 Å². The number of rotatable bonds is 4. The molecule has 4 rings (SSSR count). The molecule has 1 aliphatic heterocycles. The van der Waals surface area contributed by atoms with Crippen LogP contribution in [0.4, 0.5) is 0 Å². The number of aromatic nitrogens is 2. The zero-order valence-corrected chi connectivity index (χ0v) is 16.7. The molecule has 1 aromatic carbocycles. The number of pyridine rings is 1. The molecule has 0 spiro atoms. The Kier molecular flexibility index (Phi) is 4.57. The van der Waals surface area contributed by atoms with E-state index in [9.17, 15) is 5.11 Å². The standard InChI is InChI=1S/C23H29N3O/c1-5-18-12-22-20(14-25(18)4)19-11-16(2)8-9-21(19)26(22)15-23(3,27)17-7-6-10-24-13-17/h6-11,13,18,27H,5,12,14-15H2,1-4H3. The smallest absolute Gasteiger partial charge is 0.106 e. The van der Waals surface area contributed by atoms with Gasteiger partial charge in [0.1, 0.15) is 5.60 Å². The van der Waals surface area contributed by atoms with Gasteiger partial charge in [-0.2, -0.15) is 0 Å². The number of aryl methyl sites for hydroxylation is 1. The fourth-order valence-corrected chi connectivity index (χ4v) is 4.48. The van der Waals surface area contributed by atoms with E-state index in [0.717, 1.165) is 24.9 Å². The van der Waals surface area contributed by atoms with Crippen molar-refractivity contribution in [3.63, 3.8) is 0 Å². The molecule has 2 unspecified atom stereocenters. The molecule has 0 aliphatic carbocycles. The molecule has 0 saturated heterocycles. The van der Waals surface area contributed by atoms with Crippen LogP contribution in [0.2, 0.25) is 0 Å². The Morgan fingerprint density at radius 3 is 2.81 bits per heavy atom. The van der Waals surface area contributed by atoms with E-state index in [1.807, 2.05) is 19.1 Å². The van der Waals surface area contributed by atoms with Gasteiger partial charge in [-0.1, -0.05) is 24.6 Å². The molecule has 0 fully saturated rings. The SMILES string of the molecule is CCC1Cc2c(c3cc(C)ccc3n2CC(C)(O)c2cccnc2)CN1C. The summed E-state index contributed by atoms with van der Waals surface area (Å²) in [5.41, 5.74) is 5.19. The number of benzene rings is 1. The van der Waals surface area contributed by atoms with Gasteiger partial charge in [-0.3, -0.25) is 9.88 Å². The van der Waals surface area contributed by atoms with E-state index in [1.165, 1.54) is 27.7 Å². The maximum Gasteiger partial charge on any atom is 0.106 e. The van der Waals surface area contributed by atoms with Crippen molar-refractivity contribution in [1.82, 2.24) is 14.5 Å². The summed E-state index contributed by atoms with van der Waals surface area (Å²) in [6.07, 6.45) is 5.68. The van der Waals surface area contributed by atoms with Crippen LogP contribution in [0.1, 0.15) is 42.7 Å². The maximum atomic E-state index is 11.3. The second-order valence-electron chi connectivity index (χ2n) is 8.23. The van der Waals surface area contributed by atoms with Crippen molar-refractivity contribution in [3.05, 3.63) is 65.1 Å². The quantitative estimate of drug-likeness (QED) is 0.761. The minimum absolute atomic E-state index is 0.535. The molecule has 0 bridgehead atoms. The Balaban J connectivity index is 1.85. The fraction of sp³-hybridized carbons (Fsp3) is 0.435. The van der Waals surface area contributed by atoms with Gasteiger partial charge in [0.05, 0.1) is 6.54 Å². The summed E-state index contributed by atoms with van der Waals surface area (Å²) in [5.74, 6) is 0. The van der Waals surface area contributed by atoms with E-state index in [-0.39, 0.29) is 0 Å². The third-order valence-electron chi connectivity index (χ3n) is 6.12. The largest absolute Gasteiger partial charge is 0.384 e. The van der Waals surface area contributed by atoms with Crippen molar-refractivity contribution in [2.24, 2.45) is 0 Å². The highest BCUT2D eigenvalue weighted by Crippen LogP contribution is 2.36. The van der Waals surface area contributed by atoms with E-state index in [0.29, 0.717) is 12.6 Å². The number of hydrogen-bond acceptors (Lipinski definition) is 3. The summed E-state index contributed by atoms with van der Waals surface area (Å²) < 4.78 is 2.35. The monoisotopic (exact) mass is 363 g/mol. The van der Waals surface area contributed by atoms with E-state index < -0.39 is 5.60 Å². The molecule has 142 valence electrons. The molecule has 1 N–H and O–H groups in total. The minimum atomic E-state index is -0.968. The normalized spacial score (nSPS) is 19.8. The van der Waals surface area contributed by atoms with Crippen molar-refractivity contribution in [1.29, 1.82) is 0 Å².